The average molecular weight is 201 g/mol. The highest BCUT2D eigenvalue weighted by Gasteiger charge is 2.19. The van der Waals surface area contributed by atoms with Crippen LogP contribution in [0.4, 0.5) is 5.82 Å². The van der Waals surface area contributed by atoms with E-state index >= 15 is 0 Å². The van der Waals surface area contributed by atoms with Crippen LogP contribution in [0.5, 0.6) is 0 Å². The number of nitriles is 1. The first kappa shape index (κ1) is 9.66. The molecule has 0 N–H and O–H groups in total. The largest absolute Gasteiger partial charge is 0.300 e. The van der Waals surface area contributed by atoms with Crippen LogP contribution in [0.3, 0.4) is 0 Å². The van der Waals surface area contributed by atoms with Gasteiger partial charge in [-0.05, 0) is 24.5 Å². The highest BCUT2D eigenvalue weighted by molar-refractivity contribution is 5.93. The average Bonchev–Trinajstić information content (AvgIpc) is 2.40. The fourth-order valence-corrected chi connectivity index (χ4v) is 1.77. The van der Waals surface area contributed by atoms with Crippen LogP contribution in [0.15, 0.2) is 12.3 Å². The third kappa shape index (κ3) is 1.68. The van der Waals surface area contributed by atoms with E-state index in [1.807, 2.05) is 6.07 Å². The van der Waals surface area contributed by atoms with Gasteiger partial charge in [-0.1, -0.05) is 0 Å². The van der Waals surface area contributed by atoms with Crippen LogP contribution in [0, 0.1) is 11.3 Å². The Kier molecular flexibility index (Phi) is 2.38. The lowest BCUT2D eigenvalue weighted by Crippen LogP contribution is -2.25. The van der Waals surface area contributed by atoms with Crippen molar-refractivity contribution in [2.75, 3.05) is 11.9 Å². The standard InChI is InChI=1S/C11H11N3O/c1-14-10(15)4-2-3-9-5-8(6-12)7-13-11(9)14/h5,7H,2-4H2,1H3. The summed E-state index contributed by atoms with van der Waals surface area (Å²) < 4.78 is 0. The molecule has 0 aliphatic carbocycles. The second-order valence-electron chi connectivity index (χ2n) is 3.62. The van der Waals surface area contributed by atoms with E-state index in [9.17, 15) is 4.79 Å². The molecule has 2 rings (SSSR count). The molecular formula is C11H11N3O. The molecule has 0 saturated carbocycles. The molecule has 1 aromatic rings. The van der Waals surface area contributed by atoms with E-state index in [0.29, 0.717) is 17.8 Å². The predicted molar refractivity (Wildman–Crippen MR) is 55.3 cm³/mol. The Morgan fingerprint density at radius 1 is 1.53 bits per heavy atom. The van der Waals surface area contributed by atoms with Crippen LogP contribution in [0.25, 0.3) is 0 Å². The number of rotatable bonds is 0. The van der Waals surface area contributed by atoms with Gasteiger partial charge in [-0.3, -0.25) is 9.69 Å². The van der Waals surface area contributed by atoms with E-state index in [2.05, 4.69) is 11.1 Å². The van der Waals surface area contributed by atoms with E-state index < -0.39 is 0 Å². The van der Waals surface area contributed by atoms with Crippen LogP contribution in [-0.2, 0) is 11.2 Å². The zero-order chi connectivity index (χ0) is 10.8. The van der Waals surface area contributed by atoms with E-state index in [4.69, 9.17) is 5.26 Å². The fourth-order valence-electron chi connectivity index (χ4n) is 1.77. The summed E-state index contributed by atoms with van der Waals surface area (Å²) in [5, 5.41) is 8.76. The third-order valence-electron chi connectivity index (χ3n) is 2.60. The lowest BCUT2D eigenvalue weighted by molar-refractivity contribution is -0.118. The van der Waals surface area contributed by atoms with Crippen molar-refractivity contribution in [3.63, 3.8) is 0 Å². The van der Waals surface area contributed by atoms with Gasteiger partial charge in [-0.2, -0.15) is 5.26 Å². The summed E-state index contributed by atoms with van der Waals surface area (Å²) in [6.07, 6.45) is 3.70. The number of carbonyl (C=O) groups is 1. The SMILES string of the molecule is CN1C(=O)CCCc2cc(C#N)cnc21. The topological polar surface area (TPSA) is 57.0 Å². The summed E-state index contributed by atoms with van der Waals surface area (Å²) in [6, 6.07) is 3.87. The molecule has 4 heteroatoms. The van der Waals surface area contributed by atoms with Crippen LogP contribution >= 0.6 is 0 Å². The van der Waals surface area contributed by atoms with Gasteiger partial charge in [0.05, 0.1) is 5.56 Å². The van der Waals surface area contributed by atoms with E-state index in [1.54, 1.807) is 11.9 Å². The summed E-state index contributed by atoms with van der Waals surface area (Å²) in [5.41, 5.74) is 1.54. The quantitative estimate of drug-likeness (QED) is 0.634. The van der Waals surface area contributed by atoms with Crippen molar-refractivity contribution in [1.29, 1.82) is 5.26 Å². The van der Waals surface area contributed by atoms with Gasteiger partial charge in [0.25, 0.3) is 0 Å². The molecule has 0 unspecified atom stereocenters. The number of amides is 1. The number of carbonyl (C=O) groups excluding carboxylic acids is 1. The molecule has 0 aromatic carbocycles. The molecule has 0 fully saturated rings. The van der Waals surface area contributed by atoms with Gasteiger partial charge in [-0.15, -0.1) is 0 Å². The first-order chi connectivity index (χ1) is 7.22. The highest BCUT2D eigenvalue weighted by atomic mass is 16.2. The van der Waals surface area contributed by atoms with Crippen molar-refractivity contribution in [3.8, 4) is 6.07 Å². The summed E-state index contributed by atoms with van der Waals surface area (Å²) in [4.78, 5) is 17.3. The number of aromatic nitrogens is 1. The van der Waals surface area contributed by atoms with E-state index in [1.165, 1.54) is 6.20 Å². The van der Waals surface area contributed by atoms with Crippen molar-refractivity contribution in [3.05, 3.63) is 23.4 Å². The molecule has 15 heavy (non-hydrogen) atoms. The second kappa shape index (κ2) is 3.70. The predicted octanol–water partition coefficient (Wildman–Crippen LogP) is 1.25. The number of hydrogen-bond acceptors (Lipinski definition) is 3. The van der Waals surface area contributed by atoms with Gasteiger partial charge in [0.2, 0.25) is 5.91 Å². The van der Waals surface area contributed by atoms with Gasteiger partial charge in [0, 0.05) is 19.7 Å². The van der Waals surface area contributed by atoms with E-state index in [-0.39, 0.29) is 5.91 Å². The zero-order valence-corrected chi connectivity index (χ0v) is 8.53. The van der Waals surface area contributed by atoms with Gasteiger partial charge < -0.3 is 0 Å². The number of anilines is 1. The Balaban J connectivity index is 2.49. The smallest absolute Gasteiger partial charge is 0.227 e. The molecule has 0 radical (unpaired) electrons. The van der Waals surface area contributed by atoms with Crippen molar-refractivity contribution < 1.29 is 4.79 Å². The Morgan fingerprint density at radius 2 is 2.33 bits per heavy atom. The molecule has 1 amide bonds. The molecule has 4 nitrogen and oxygen atoms in total. The van der Waals surface area contributed by atoms with Crippen molar-refractivity contribution in [2.45, 2.75) is 19.3 Å². The van der Waals surface area contributed by atoms with Gasteiger partial charge in [-0.25, -0.2) is 4.98 Å². The summed E-state index contributed by atoms with van der Waals surface area (Å²) in [5.74, 6) is 0.780. The first-order valence-electron chi connectivity index (χ1n) is 4.88. The fraction of sp³-hybridized carbons (Fsp3) is 0.364. The van der Waals surface area contributed by atoms with E-state index in [0.717, 1.165) is 18.4 Å². The molecule has 1 aromatic heterocycles. The van der Waals surface area contributed by atoms with Crippen molar-refractivity contribution in [2.24, 2.45) is 0 Å². The maximum absolute atomic E-state index is 11.6. The number of nitrogens with zero attached hydrogens (tertiary/aromatic N) is 3. The van der Waals surface area contributed by atoms with Crippen LogP contribution in [0.1, 0.15) is 24.0 Å². The molecule has 1 aliphatic heterocycles. The van der Waals surface area contributed by atoms with Crippen LogP contribution in [0.2, 0.25) is 0 Å². The van der Waals surface area contributed by atoms with Crippen molar-refractivity contribution >= 4 is 11.7 Å². The summed E-state index contributed by atoms with van der Waals surface area (Å²) in [7, 11) is 1.73. The zero-order valence-electron chi connectivity index (χ0n) is 8.53. The minimum absolute atomic E-state index is 0.0888. The highest BCUT2D eigenvalue weighted by Crippen LogP contribution is 2.23. The Hall–Kier alpha value is -1.89. The summed E-state index contributed by atoms with van der Waals surface area (Å²) >= 11 is 0. The van der Waals surface area contributed by atoms with Crippen LogP contribution in [-0.4, -0.2) is 17.9 Å². The summed E-state index contributed by atoms with van der Waals surface area (Å²) in [6.45, 7) is 0. The molecule has 0 bridgehead atoms. The molecule has 0 atom stereocenters. The molecule has 0 saturated heterocycles. The lowest BCUT2D eigenvalue weighted by Gasteiger charge is -2.15. The molecule has 1 aliphatic rings. The van der Waals surface area contributed by atoms with Gasteiger partial charge in [0.1, 0.15) is 11.9 Å². The maximum atomic E-state index is 11.6. The molecule has 76 valence electrons. The first-order valence-corrected chi connectivity index (χ1v) is 4.88. The minimum atomic E-state index is 0.0888. The second-order valence-corrected chi connectivity index (χ2v) is 3.62. The number of hydrogen-bond donors (Lipinski definition) is 0. The molecule has 0 spiro atoms. The maximum Gasteiger partial charge on any atom is 0.227 e. The number of fused-ring (bicyclic) bond motifs is 1. The number of aryl methyl sites for hydroxylation is 1. The van der Waals surface area contributed by atoms with Crippen LogP contribution < -0.4 is 4.90 Å². The van der Waals surface area contributed by atoms with Gasteiger partial charge in [0.15, 0.2) is 0 Å². The molecule has 2 heterocycles. The van der Waals surface area contributed by atoms with Crippen molar-refractivity contribution in [1.82, 2.24) is 4.98 Å². The molecular weight excluding hydrogens is 190 g/mol. The Morgan fingerprint density at radius 3 is 3.07 bits per heavy atom. The number of pyridine rings is 1. The Bertz CT molecular complexity index is 448. The minimum Gasteiger partial charge on any atom is -0.300 e. The lowest BCUT2D eigenvalue weighted by atomic mass is 10.1. The Labute approximate surface area is 88.1 Å². The normalized spacial score (nSPS) is 15.5. The monoisotopic (exact) mass is 201 g/mol. The van der Waals surface area contributed by atoms with Gasteiger partial charge >= 0.3 is 0 Å². The third-order valence-corrected chi connectivity index (χ3v) is 2.60.